The highest BCUT2D eigenvalue weighted by Crippen LogP contribution is 2.28. The molecule has 0 aliphatic heterocycles. The lowest BCUT2D eigenvalue weighted by Crippen LogP contribution is -2.48. The van der Waals surface area contributed by atoms with Crippen LogP contribution >= 0.6 is 0 Å². The van der Waals surface area contributed by atoms with Crippen LogP contribution in [-0.4, -0.2) is 55.1 Å². The first-order chi connectivity index (χ1) is 18.2. The van der Waals surface area contributed by atoms with E-state index in [2.05, 4.69) is 5.32 Å². The van der Waals surface area contributed by atoms with E-state index < -0.39 is 0 Å². The molecule has 0 saturated heterocycles. The van der Waals surface area contributed by atoms with Gasteiger partial charge in [-0.05, 0) is 75.6 Å². The highest BCUT2D eigenvalue weighted by molar-refractivity contribution is 5.92. The zero-order chi connectivity index (χ0) is 27.7. The van der Waals surface area contributed by atoms with E-state index in [4.69, 9.17) is 13.9 Å². The molecule has 3 amide bonds. The van der Waals surface area contributed by atoms with E-state index in [9.17, 15) is 9.59 Å². The first-order valence-corrected chi connectivity index (χ1v) is 12.9. The normalized spacial score (nSPS) is 11.5. The maximum absolute atomic E-state index is 13.6. The van der Waals surface area contributed by atoms with Crippen LogP contribution in [0.5, 0.6) is 11.5 Å². The number of furan rings is 1. The van der Waals surface area contributed by atoms with Gasteiger partial charge in [0.15, 0.2) is 11.5 Å². The molecule has 0 fully saturated rings. The number of benzene rings is 2. The summed E-state index contributed by atoms with van der Waals surface area (Å²) >= 11 is 0. The first kappa shape index (κ1) is 28.6. The molecule has 0 aliphatic rings. The first-order valence-electron chi connectivity index (χ1n) is 12.9. The van der Waals surface area contributed by atoms with Crippen molar-refractivity contribution < 1.29 is 23.5 Å². The Hall–Kier alpha value is -3.94. The van der Waals surface area contributed by atoms with Crippen LogP contribution in [0.4, 0.5) is 10.5 Å². The molecule has 0 aliphatic carbocycles. The van der Waals surface area contributed by atoms with Crippen LogP contribution < -0.4 is 14.8 Å². The van der Waals surface area contributed by atoms with E-state index in [0.717, 1.165) is 23.3 Å². The van der Waals surface area contributed by atoms with Crippen molar-refractivity contribution in [3.8, 4) is 11.5 Å². The second-order valence-electron chi connectivity index (χ2n) is 9.45. The van der Waals surface area contributed by atoms with E-state index in [0.29, 0.717) is 42.5 Å². The fourth-order valence-corrected chi connectivity index (χ4v) is 4.08. The molecule has 2 aromatic carbocycles. The van der Waals surface area contributed by atoms with Gasteiger partial charge in [-0.25, -0.2) is 4.79 Å². The van der Waals surface area contributed by atoms with E-state index in [-0.39, 0.29) is 24.5 Å². The van der Waals surface area contributed by atoms with Gasteiger partial charge in [-0.1, -0.05) is 30.7 Å². The van der Waals surface area contributed by atoms with Gasteiger partial charge in [-0.3, -0.25) is 4.79 Å². The molecule has 38 heavy (non-hydrogen) atoms. The standard InChI is InChI=1S/C30H39N3O5/c1-7-22(3)33(30(35)31-25-12-8-21(2)9-13-25)20-29(34)32(19-26-14-10-23(4)38-26)17-16-24-11-15-27(36-5)28(18-24)37-6/h8-15,18,22H,7,16-17,19-20H2,1-6H3,(H,31,35). The van der Waals surface area contributed by atoms with Gasteiger partial charge in [0.25, 0.3) is 0 Å². The summed E-state index contributed by atoms with van der Waals surface area (Å²) in [5.74, 6) is 2.62. The van der Waals surface area contributed by atoms with Crippen molar-refractivity contribution >= 4 is 17.6 Å². The quantitative estimate of drug-likeness (QED) is 0.325. The monoisotopic (exact) mass is 521 g/mol. The molecule has 1 N–H and O–H groups in total. The van der Waals surface area contributed by atoms with Crippen LogP contribution in [0.2, 0.25) is 0 Å². The van der Waals surface area contributed by atoms with Crippen molar-refractivity contribution in [3.63, 3.8) is 0 Å². The van der Waals surface area contributed by atoms with Gasteiger partial charge in [0, 0.05) is 18.3 Å². The molecule has 1 heterocycles. The van der Waals surface area contributed by atoms with Crippen LogP contribution in [-0.2, 0) is 17.8 Å². The predicted molar refractivity (Wildman–Crippen MR) is 149 cm³/mol. The number of amides is 3. The molecule has 1 atom stereocenters. The minimum atomic E-state index is -0.301. The number of ether oxygens (including phenoxy) is 2. The second kappa shape index (κ2) is 13.6. The number of carbonyl (C=O) groups excluding carboxylic acids is 2. The Labute approximate surface area is 225 Å². The number of methoxy groups -OCH3 is 2. The summed E-state index contributed by atoms with van der Waals surface area (Å²) in [6.07, 6.45) is 1.32. The fraction of sp³-hybridized carbons (Fsp3) is 0.400. The molecule has 1 unspecified atom stereocenters. The number of hydrogen-bond donors (Lipinski definition) is 1. The molecule has 3 aromatic rings. The third-order valence-electron chi connectivity index (χ3n) is 6.61. The third kappa shape index (κ3) is 7.78. The minimum absolute atomic E-state index is 0.0433. The van der Waals surface area contributed by atoms with Crippen LogP contribution in [0.15, 0.2) is 59.0 Å². The number of nitrogens with zero attached hydrogens (tertiary/aromatic N) is 2. The predicted octanol–water partition coefficient (Wildman–Crippen LogP) is 5.82. The molecular formula is C30H39N3O5. The Kier molecular flexibility index (Phi) is 10.2. The number of hydrogen-bond acceptors (Lipinski definition) is 5. The van der Waals surface area contributed by atoms with Gasteiger partial charge in [-0.2, -0.15) is 0 Å². The molecule has 204 valence electrons. The Morgan fingerprint density at radius 3 is 2.29 bits per heavy atom. The van der Waals surface area contributed by atoms with Crippen molar-refractivity contribution in [3.05, 3.63) is 77.2 Å². The number of carbonyl (C=O) groups is 2. The van der Waals surface area contributed by atoms with Gasteiger partial charge in [-0.15, -0.1) is 0 Å². The van der Waals surface area contributed by atoms with Crippen LogP contribution in [0, 0.1) is 13.8 Å². The molecule has 3 rings (SSSR count). The Morgan fingerprint density at radius 2 is 1.68 bits per heavy atom. The molecule has 0 spiro atoms. The summed E-state index contributed by atoms with van der Waals surface area (Å²) in [5.41, 5.74) is 2.81. The molecule has 1 aromatic heterocycles. The summed E-state index contributed by atoms with van der Waals surface area (Å²) in [7, 11) is 3.20. The maximum Gasteiger partial charge on any atom is 0.322 e. The van der Waals surface area contributed by atoms with Crippen molar-refractivity contribution in [1.82, 2.24) is 9.80 Å². The van der Waals surface area contributed by atoms with Crippen molar-refractivity contribution in [2.24, 2.45) is 0 Å². The SMILES string of the molecule is CCC(C)N(CC(=O)N(CCc1ccc(OC)c(OC)c1)Cc1ccc(C)o1)C(=O)Nc1ccc(C)cc1. The van der Waals surface area contributed by atoms with Gasteiger partial charge in [0.1, 0.15) is 18.1 Å². The molecule has 8 nitrogen and oxygen atoms in total. The highest BCUT2D eigenvalue weighted by atomic mass is 16.5. The Morgan fingerprint density at radius 1 is 0.974 bits per heavy atom. The average molecular weight is 522 g/mol. The van der Waals surface area contributed by atoms with Crippen molar-refractivity contribution in [2.75, 3.05) is 32.6 Å². The molecule has 0 saturated carbocycles. The Bertz CT molecular complexity index is 1200. The van der Waals surface area contributed by atoms with Gasteiger partial charge >= 0.3 is 6.03 Å². The number of aryl methyl sites for hydroxylation is 2. The molecule has 0 radical (unpaired) electrons. The molecule has 0 bridgehead atoms. The zero-order valence-corrected chi connectivity index (χ0v) is 23.2. The lowest BCUT2D eigenvalue weighted by Gasteiger charge is -2.31. The van der Waals surface area contributed by atoms with Gasteiger partial charge in [0.05, 0.1) is 20.8 Å². The van der Waals surface area contributed by atoms with Gasteiger partial charge < -0.3 is 29.0 Å². The number of rotatable bonds is 12. The van der Waals surface area contributed by atoms with E-state index in [1.54, 1.807) is 24.0 Å². The average Bonchev–Trinajstić information content (AvgIpc) is 3.34. The molecular weight excluding hydrogens is 482 g/mol. The zero-order valence-electron chi connectivity index (χ0n) is 23.2. The largest absolute Gasteiger partial charge is 0.493 e. The van der Waals surface area contributed by atoms with E-state index >= 15 is 0 Å². The number of nitrogens with one attached hydrogen (secondary N) is 1. The highest BCUT2D eigenvalue weighted by Gasteiger charge is 2.25. The molecule has 8 heteroatoms. The summed E-state index contributed by atoms with van der Waals surface area (Å²) < 4.78 is 16.5. The van der Waals surface area contributed by atoms with E-state index in [1.807, 2.05) is 82.3 Å². The Balaban J connectivity index is 1.77. The second-order valence-corrected chi connectivity index (χ2v) is 9.45. The maximum atomic E-state index is 13.6. The summed E-state index contributed by atoms with van der Waals surface area (Å²) in [6.45, 7) is 8.54. The number of anilines is 1. The fourth-order valence-electron chi connectivity index (χ4n) is 4.08. The van der Waals surface area contributed by atoms with Crippen LogP contribution in [0.25, 0.3) is 0 Å². The third-order valence-corrected chi connectivity index (χ3v) is 6.61. The van der Waals surface area contributed by atoms with E-state index in [1.165, 1.54) is 0 Å². The topological polar surface area (TPSA) is 84.2 Å². The lowest BCUT2D eigenvalue weighted by molar-refractivity contribution is -0.133. The smallest absolute Gasteiger partial charge is 0.322 e. The summed E-state index contributed by atoms with van der Waals surface area (Å²) in [6, 6.07) is 16.7. The van der Waals surface area contributed by atoms with Gasteiger partial charge in [0.2, 0.25) is 5.91 Å². The summed E-state index contributed by atoms with van der Waals surface area (Å²) in [4.78, 5) is 30.2. The van der Waals surface area contributed by atoms with Crippen LogP contribution in [0.1, 0.15) is 42.9 Å². The summed E-state index contributed by atoms with van der Waals surface area (Å²) in [5, 5.41) is 2.94. The van der Waals surface area contributed by atoms with Crippen molar-refractivity contribution in [1.29, 1.82) is 0 Å². The van der Waals surface area contributed by atoms with Crippen LogP contribution in [0.3, 0.4) is 0 Å². The number of urea groups is 1. The lowest BCUT2D eigenvalue weighted by atomic mass is 10.1. The van der Waals surface area contributed by atoms with Crippen molar-refractivity contribution in [2.45, 2.75) is 53.1 Å². The minimum Gasteiger partial charge on any atom is -0.493 e.